The van der Waals surface area contributed by atoms with Crippen LogP contribution in [0.4, 0.5) is 0 Å². The van der Waals surface area contributed by atoms with E-state index in [1.165, 1.54) is 38.5 Å². The first-order valence-corrected chi connectivity index (χ1v) is 5.70. The molecule has 0 aromatic carbocycles. The molecule has 1 rings (SSSR count). The Morgan fingerprint density at radius 2 is 2.15 bits per heavy atom. The third-order valence-corrected chi connectivity index (χ3v) is 2.99. The molecule has 1 saturated heterocycles. The molecule has 1 aliphatic heterocycles. The maximum atomic E-state index is 5.67. The number of nitrogens with two attached hydrogens (primary N) is 1. The number of hydrogen-bond acceptors (Lipinski definition) is 2. The van der Waals surface area contributed by atoms with Crippen molar-refractivity contribution in [3.05, 3.63) is 0 Å². The molecule has 2 nitrogen and oxygen atoms in total. The highest BCUT2D eigenvalue weighted by Crippen LogP contribution is 2.24. The van der Waals surface area contributed by atoms with Crippen LogP contribution in [0.1, 0.15) is 45.4 Å². The Morgan fingerprint density at radius 1 is 1.31 bits per heavy atom. The van der Waals surface area contributed by atoms with E-state index in [1.54, 1.807) is 0 Å². The van der Waals surface area contributed by atoms with Crippen LogP contribution in [0.15, 0.2) is 0 Å². The van der Waals surface area contributed by atoms with Crippen LogP contribution in [-0.4, -0.2) is 19.3 Å². The van der Waals surface area contributed by atoms with Gasteiger partial charge < -0.3 is 10.5 Å². The van der Waals surface area contributed by atoms with Crippen LogP contribution in [0.25, 0.3) is 0 Å². The first kappa shape index (κ1) is 11.0. The summed E-state index contributed by atoms with van der Waals surface area (Å²) in [6, 6.07) is 0. The van der Waals surface area contributed by atoms with Crippen molar-refractivity contribution in [2.75, 3.05) is 13.2 Å². The minimum absolute atomic E-state index is 0.474. The van der Waals surface area contributed by atoms with Crippen molar-refractivity contribution in [1.29, 1.82) is 0 Å². The molecule has 0 saturated carbocycles. The van der Waals surface area contributed by atoms with Crippen LogP contribution in [0.3, 0.4) is 0 Å². The molecule has 2 N–H and O–H groups in total. The zero-order valence-corrected chi connectivity index (χ0v) is 8.80. The zero-order chi connectivity index (χ0) is 9.52. The molecular weight excluding hydrogens is 162 g/mol. The average molecular weight is 185 g/mol. The monoisotopic (exact) mass is 185 g/mol. The topological polar surface area (TPSA) is 35.2 Å². The van der Waals surface area contributed by atoms with E-state index in [9.17, 15) is 0 Å². The van der Waals surface area contributed by atoms with Gasteiger partial charge in [-0.3, -0.25) is 0 Å². The third kappa shape index (κ3) is 3.65. The highest BCUT2D eigenvalue weighted by Gasteiger charge is 2.25. The lowest BCUT2D eigenvalue weighted by atomic mass is 9.97. The van der Waals surface area contributed by atoms with E-state index in [2.05, 4.69) is 6.92 Å². The molecular formula is C11H23NO. The maximum Gasteiger partial charge on any atom is 0.0616 e. The molecule has 0 aromatic heterocycles. The van der Waals surface area contributed by atoms with Crippen molar-refractivity contribution >= 4 is 0 Å². The molecule has 2 heteroatoms. The first-order chi connectivity index (χ1) is 6.38. The van der Waals surface area contributed by atoms with Gasteiger partial charge in [-0.25, -0.2) is 0 Å². The number of hydrogen-bond donors (Lipinski definition) is 1. The molecule has 0 spiro atoms. The lowest BCUT2D eigenvalue weighted by Crippen LogP contribution is -2.23. The molecule has 13 heavy (non-hydrogen) atoms. The van der Waals surface area contributed by atoms with Crippen LogP contribution in [0.5, 0.6) is 0 Å². The summed E-state index contributed by atoms with van der Waals surface area (Å²) in [4.78, 5) is 0. The van der Waals surface area contributed by atoms with Gasteiger partial charge in [0.15, 0.2) is 0 Å². The van der Waals surface area contributed by atoms with Crippen LogP contribution >= 0.6 is 0 Å². The Balaban J connectivity index is 2.06. The van der Waals surface area contributed by atoms with Crippen molar-refractivity contribution in [1.82, 2.24) is 0 Å². The van der Waals surface area contributed by atoms with Crippen LogP contribution in [0.2, 0.25) is 0 Å². The van der Waals surface area contributed by atoms with Crippen molar-refractivity contribution in [2.45, 2.75) is 51.6 Å². The second kappa shape index (κ2) is 6.39. The summed E-state index contributed by atoms with van der Waals surface area (Å²) in [5.74, 6) is 0.640. The quantitative estimate of drug-likeness (QED) is 0.644. The van der Waals surface area contributed by atoms with E-state index in [4.69, 9.17) is 10.5 Å². The third-order valence-electron chi connectivity index (χ3n) is 2.99. The molecule has 1 aliphatic rings. The summed E-state index contributed by atoms with van der Waals surface area (Å²) >= 11 is 0. The second-order valence-electron chi connectivity index (χ2n) is 4.04. The fourth-order valence-electron chi connectivity index (χ4n) is 2.05. The van der Waals surface area contributed by atoms with E-state index < -0.39 is 0 Å². The minimum atomic E-state index is 0.474. The summed E-state index contributed by atoms with van der Waals surface area (Å²) in [6.07, 6.45) is 8.22. The van der Waals surface area contributed by atoms with Gasteiger partial charge in [-0.2, -0.15) is 0 Å². The van der Waals surface area contributed by atoms with Gasteiger partial charge in [0.05, 0.1) is 6.10 Å². The number of unbranched alkanes of at least 4 members (excludes halogenated alkanes) is 3. The van der Waals surface area contributed by atoms with Crippen molar-refractivity contribution in [2.24, 2.45) is 11.7 Å². The summed E-state index contributed by atoms with van der Waals surface area (Å²) < 4.78 is 5.66. The van der Waals surface area contributed by atoms with Crippen LogP contribution < -0.4 is 5.73 Å². The summed E-state index contributed by atoms with van der Waals surface area (Å²) in [5, 5.41) is 0. The first-order valence-electron chi connectivity index (χ1n) is 5.70. The SMILES string of the molecule is CCCCCCC1OCCC1CN. The predicted molar refractivity (Wildman–Crippen MR) is 55.7 cm³/mol. The van der Waals surface area contributed by atoms with E-state index in [0.717, 1.165) is 13.2 Å². The van der Waals surface area contributed by atoms with Crippen molar-refractivity contribution in [3.8, 4) is 0 Å². The van der Waals surface area contributed by atoms with Gasteiger partial charge in [0.1, 0.15) is 0 Å². The van der Waals surface area contributed by atoms with Gasteiger partial charge in [-0.05, 0) is 25.3 Å². The fourth-order valence-corrected chi connectivity index (χ4v) is 2.05. The van der Waals surface area contributed by atoms with Crippen molar-refractivity contribution < 1.29 is 4.74 Å². The van der Waals surface area contributed by atoms with Gasteiger partial charge in [0.2, 0.25) is 0 Å². The molecule has 0 radical (unpaired) electrons. The molecule has 78 valence electrons. The Bertz CT molecular complexity index is 127. The second-order valence-corrected chi connectivity index (χ2v) is 4.04. The summed E-state index contributed by atoms with van der Waals surface area (Å²) in [6.45, 7) is 3.98. The summed E-state index contributed by atoms with van der Waals surface area (Å²) in [5.41, 5.74) is 5.67. The molecule has 0 aliphatic carbocycles. The maximum absolute atomic E-state index is 5.67. The predicted octanol–water partition coefficient (Wildman–Crippen LogP) is 2.32. The largest absolute Gasteiger partial charge is 0.378 e. The Morgan fingerprint density at radius 3 is 2.85 bits per heavy atom. The van der Waals surface area contributed by atoms with E-state index in [-0.39, 0.29) is 0 Å². The highest BCUT2D eigenvalue weighted by molar-refractivity contribution is 4.76. The summed E-state index contributed by atoms with van der Waals surface area (Å²) in [7, 11) is 0. The fraction of sp³-hybridized carbons (Fsp3) is 1.00. The lowest BCUT2D eigenvalue weighted by molar-refractivity contribution is 0.0828. The zero-order valence-electron chi connectivity index (χ0n) is 8.80. The standard InChI is InChI=1S/C11H23NO/c1-2-3-4-5-6-11-10(9-12)7-8-13-11/h10-11H,2-9,12H2,1H3. The highest BCUT2D eigenvalue weighted by atomic mass is 16.5. The van der Waals surface area contributed by atoms with E-state index >= 15 is 0 Å². The number of rotatable bonds is 6. The molecule has 1 fully saturated rings. The average Bonchev–Trinajstić information content (AvgIpc) is 2.60. The van der Waals surface area contributed by atoms with Gasteiger partial charge in [-0.15, -0.1) is 0 Å². The number of ether oxygens (including phenoxy) is 1. The van der Waals surface area contributed by atoms with Gasteiger partial charge in [0.25, 0.3) is 0 Å². The Hall–Kier alpha value is -0.0800. The molecule has 0 bridgehead atoms. The van der Waals surface area contributed by atoms with Gasteiger partial charge >= 0.3 is 0 Å². The normalized spacial score (nSPS) is 28.2. The molecule has 0 amide bonds. The molecule has 2 unspecified atom stereocenters. The molecule has 2 atom stereocenters. The van der Waals surface area contributed by atoms with Gasteiger partial charge in [0, 0.05) is 6.61 Å². The molecule has 0 aromatic rings. The minimum Gasteiger partial charge on any atom is -0.378 e. The van der Waals surface area contributed by atoms with Gasteiger partial charge in [-0.1, -0.05) is 32.6 Å². The van der Waals surface area contributed by atoms with E-state index in [0.29, 0.717) is 12.0 Å². The van der Waals surface area contributed by atoms with Crippen LogP contribution in [0, 0.1) is 5.92 Å². The van der Waals surface area contributed by atoms with Crippen molar-refractivity contribution in [3.63, 3.8) is 0 Å². The Kier molecular flexibility index (Phi) is 5.40. The molecule has 1 heterocycles. The van der Waals surface area contributed by atoms with Crippen LogP contribution in [-0.2, 0) is 4.74 Å². The smallest absolute Gasteiger partial charge is 0.0616 e. The Labute approximate surface area is 81.8 Å². The lowest BCUT2D eigenvalue weighted by Gasteiger charge is -2.16. The van der Waals surface area contributed by atoms with E-state index in [1.807, 2.05) is 0 Å².